The fraction of sp³-hybridized carbons (Fsp3) is 0.583. The standard InChI is InChI=1S/C12H15F3N2/c1-8-4-10(12(13,14)15)6-11(17-8)5-9-2-3-16-7-9/h4,6,9,16H,2-3,5,7H2,1H3. The van der Waals surface area contributed by atoms with Gasteiger partial charge in [-0.05, 0) is 50.9 Å². The zero-order valence-electron chi connectivity index (χ0n) is 9.64. The molecule has 0 bridgehead atoms. The summed E-state index contributed by atoms with van der Waals surface area (Å²) in [5.74, 6) is 0.408. The lowest BCUT2D eigenvalue weighted by molar-refractivity contribution is -0.137. The molecule has 0 saturated carbocycles. The highest BCUT2D eigenvalue weighted by molar-refractivity contribution is 5.24. The zero-order chi connectivity index (χ0) is 12.5. The number of pyridine rings is 1. The quantitative estimate of drug-likeness (QED) is 0.864. The van der Waals surface area contributed by atoms with Gasteiger partial charge in [-0.2, -0.15) is 13.2 Å². The number of halogens is 3. The van der Waals surface area contributed by atoms with Crippen LogP contribution in [0, 0.1) is 12.8 Å². The predicted octanol–water partition coefficient (Wildman–Crippen LogP) is 2.56. The summed E-state index contributed by atoms with van der Waals surface area (Å²) in [4.78, 5) is 4.18. The van der Waals surface area contributed by atoms with Crippen molar-refractivity contribution in [3.05, 3.63) is 29.1 Å². The van der Waals surface area contributed by atoms with E-state index in [0.717, 1.165) is 25.6 Å². The van der Waals surface area contributed by atoms with Crippen LogP contribution >= 0.6 is 0 Å². The molecule has 2 heterocycles. The van der Waals surface area contributed by atoms with Crippen molar-refractivity contribution in [3.63, 3.8) is 0 Å². The van der Waals surface area contributed by atoms with E-state index in [4.69, 9.17) is 0 Å². The normalized spacial score (nSPS) is 20.8. The second-order valence-electron chi connectivity index (χ2n) is 4.55. The molecule has 0 amide bonds. The Labute approximate surface area is 98.2 Å². The Balaban J connectivity index is 2.19. The molecule has 1 aromatic rings. The third kappa shape index (κ3) is 3.19. The Bertz CT molecular complexity index is 395. The van der Waals surface area contributed by atoms with Gasteiger partial charge in [0.25, 0.3) is 0 Å². The molecule has 94 valence electrons. The average molecular weight is 244 g/mol. The van der Waals surface area contributed by atoms with Gasteiger partial charge in [0.2, 0.25) is 0 Å². The molecular formula is C12H15F3N2. The summed E-state index contributed by atoms with van der Waals surface area (Å²) in [7, 11) is 0. The SMILES string of the molecule is Cc1cc(C(F)(F)F)cc(CC2CCNC2)n1. The molecule has 1 aromatic heterocycles. The van der Waals surface area contributed by atoms with Crippen LogP contribution in [0.2, 0.25) is 0 Å². The summed E-state index contributed by atoms with van der Waals surface area (Å²) in [6.07, 6.45) is -2.65. The molecule has 2 nitrogen and oxygen atoms in total. The van der Waals surface area contributed by atoms with Crippen molar-refractivity contribution in [2.75, 3.05) is 13.1 Å². The Morgan fingerprint density at radius 3 is 2.76 bits per heavy atom. The van der Waals surface area contributed by atoms with Crippen molar-refractivity contribution < 1.29 is 13.2 Å². The second-order valence-corrected chi connectivity index (χ2v) is 4.55. The van der Waals surface area contributed by atoms with E-state index in [0.29, 0.717) is 23.7 Å². The summed E-state index contributed by atoms with van der Waals surface area (Å²) in [6, 6.07) is 2.27. The lowest BCUT2D eigenvalue weighted by atomic mass is 10.0. The molecule has 1 aliphatic heterocycles. The summed E-state index contributed by atoms with van der Waals surface area (Å²) in [5.41, 5.74) is 0.387. The van der Waals surface area contributed by atoms with Gasteiger partial charge in [-0.25, -0.2) is 0 Å². The van der Waals surface area contributed by atoms with E-state index in [-0.39, 0.29) is 0 Å². The highest BCUT2D eigenvalue weighted by Gasteiger charge is 2.31. The smallest absolute Gasteiger partial charge is 0.316 e. The van der Waals surface area contributed by atoms with Crippen molar-refractivity contribution in [2.24, 2.45) is 5.92 Å². The first kappa shape index (κ1) is 12.4. The van der Waals surface area contributed by atoms with E-state index in [1.54, 1.807) is 6.92 Å². The van der Waals surface area contributed by atoms with Gasteiger partial charge < -0.3 is 5.32 Å². The van der Waals surface area contributed by atoms with E-state index >= 15 is 0 Å². The van der Waals surface area contributed by atoms with Gasteiger partial charge in [-0.3, -0.25) is 4.98 Å². The molecule has 1 aliphatic rings. The fourth-order valence-electron chi connectivity index (χ4n) is 2.19. The molecule has 1 saturated heterocycles. The second kappa shape index (κ2) is 4.64. The van der Waals surface area contributed by atoms with Crippen LogP contribution in [0.3, 0.4) is 0 Å². The lowest BCUT2D eigenvalue weighted by Gasteiger charge is -2.12. The minimum absolute atomic E-state index is 0.408. The minimum atomic E-state index is -4.28. The van der Waals surface area contributed by atoms with Crippen LogP contribution in [0.5, 0.6) is 0 Å². The molecule has 0 spiro atoms. The third-order valence-electron chi connectivity index (χ3n) is 2.99. The molecule has 0 aromatic carbocycles. The van der Waals surface area contributed by atoms with Crippen LogP contribution in [-0.2, 0) is 12.6 Å². The maximum atomic E-state index is 12.6. The van der Waals surface area contributed by atoms with Crippen LogP contribution in [0.25, 0.3) is 0 Å². The van der Waals surface area contributed by atoms with Crippen LogP contribution in [0.4, 0.5) is 13.2 Å². The Kier molecular flexibility index (Phi) is 3.38. The molecule has 5 heteroatoms. The highest BCUT2D eigenvalue weighted by atomic mass is 19.4. The van der Waals surface area contributed by atoms with Crippen molar-refractivity contribution in [2.45, 2.75) is 25.9 Å². The summed E-state index contributed by atoms with van der Waals surface area (Å²) >= 11 is 0. The maximum Gasteiger partial charge on any atom is 0.416 e. The van der Waals surface area contributed by atoms with Gasteiger partial charge in [-0.1, -0.05) is 0 Å². The van der Waals surface area contributed by atoms with E-state index in [1.165, 1.54) is 6.07 Å². The highest BCUT2D eigenvalue weighted by Crippen LogP contribution is 2.30. The zero-order valence-corrected chi connectivity index (χ0v) is 9.64. The fourth-order valence-corrected chi connectivity index (χ4v) is 2.19. The van der Waals surface area contributed by atoms with Gasteiger partial charge in [-0.15, -0.1) is 0 Å². The van der Waals surface area contributed by atoms with E-state index < -0.39 is 11.7 Å². The first-order valence-corrected chi connectivity index (χ1v) is 5.70. The maximum absolute atomic E-state index is 12.6. The van der Waals surface area contributed by atoms with Gasteiger partial charge in [0, 0.05) is 11.4 Å². The van der Waals surface area contributed by atoms with Crippen LogP contribution in [0.1, 0.15) is 23.4 Å². The first-order chi connectivity index (χ1) is 7.95. The Morgan fingerprint density at radius 1 is 1.41 bits per heavy atom. The van der Waals surface area contributed by atoms with E-state index in [2.05, 4.69) is 10.3 Å². The number of aryl methyl sites for hydroxylation is 1. The van der Waals surface area contributed by atoms with Crippen LogP contribution in [0.15, 0.2) is 12.1 Å². The number of rotatable bonds is 2. The van der Waals surface area contributed by atoms with E-state index in [1.807, 2.05) is 0 Å². The Hall–Kier alpha value is -1.10. The molecule has 1 fully saturated rings. The first-order valence-electron chi connectivity index (χ1n) is 5.70. The molecule has 1 unspecified atom stereocenters. The predicted molar refractivity (Wildman–Crippen MR) is 58.7 cm³/mol. The largest absolute Gasteiger partial charge is 0.416 e. The number of nitrogens with zero attached hydrogens (tertiary/aromatic N) is 1. The number of hydrogen-bond acceptors (Lipinski definition) is 2. The van der Waals surface area contributed by atoms with Crippen molar-refractivity contribution in [3.8, 4) is 0 Å². The van der Waals surface area contributed by atoms with Gasteiger partial charge >= 0.3 is 6.18 Å². The molecule has 1 atom stereocenters. The molecule has 0 aliphatic carbocycles. The summed E-state index contributed by atoms with van der Waals surface area (Å²) < 4.78 is 37.9. The number of hydrogen-bond donors (Lipinski definition) is 1. The molecule has 17 heavy (non-hydrogen) atoms. The van der Waals surface area contributed by atoms with Gasteiger partial charge in [0.15, 0.2) is 0 Å². The van der Waals surface area contributed by atoms with Crippen molar-refractivity contribution in [1.29, 1.82) is 0 Å². The van der Waals surface area contributed by atoms with E-state index in [9.17, 15) is 13.2 Å². The van der Waals surface area contributed by atoms with Crippen molar-refractivity contribution >= 4 is 0 Å². The summed E-state index contributed by atoms with van der Waals surface area (Å²) in [5, 5.41) is 3.20. The van der Waals surface area contributed by atoms with Crippen molar-refractivity contribution in [1.82, 2.24) is 10.3 Å². The lowest BCUT2D eigenvalue weighted by Crippen LogP contribution is -2.13. The minimum Gasteiger partial charge on any atom is -0.316 e. The molecule has 2 rings (SSSR count). The van der Waals surface area contributed by atoms with Gasteiger partial charge in [0.1, 0.15) is 0 Å². The van der Waals surface area contributed by atoms with Crippen LogP contribution < -0.4 is 5.32 Å². The van der Waals surface area contributed by atoms with Gasteiger partial charge in [0.05, 0.1) is 5.56 Å². The monoisotopic (exact) mass is 244 g/mol. The molecule has 0 radical (unpaired) electrons. The average Bonchev–Trinajstić information content (AvgIpc) is 2.68. The number of aromatic nitrogens is 1. The Morgan fingerprint density at radius 2 is 2.18 bits per heavy atom. The van der Waals surface area contributed by atoms with Crippen LogP contribution in [-0.4, -0.2) is 18.1 Å². The molecule has 1 N–H and O–H groups in total. The number of nitrogens with one attached hydrogen (secondary N) is 1. The topological polar surface area (TPSA) is 24.9 Å². The number of alkyl halides is 3. The molecular weight excluding hydrogens is 229 g/mol. The summed E-state index contributed by atoms with van der Waals surface area (Å²) in [6.45, 7) is 3.42. The third-order valence-corrected chi connectivity index (χ3v) is 2.99.